The Morgan fingerprint density at radius 2 is 1.60 bits per heavy atom. The summed E-state index contributed by atoms with van der Waals surface area (Å²) in [6, 6.07) is 22.5. The molecular formula is C23H15Cl2NO2S2. The predicted molar refractivity (Wildman–Crippen MR) is 125 cm³/mol. The number of thioether (sulfide) groups is 1. The van der Waals surface area contributed by atoms with Crippen molar-refractivity contribution in [3.63, 3.8) is 0 Å². The Morgan fingerprint density at radius 1 is 0.900 bits per heavy atom. The maximum Gasteiger partial charge on any atom is 0.293 e. The number of carbonyl (C=O) groups excluding carboxylic acids is 2. The Morgan fingerprint density at radius 3 is 2.37 bits per heavy atom. The molecule has 0 bridgehead atoms. The van der Waals surface area contributed by atoms with Crippen molar-refractivity contribution in [3.8, 4) is 0 Å². The monoisotopic (exact) mass is 471 g/mol. The van der Waals surface area contributed by atoms with Crippen LogP contribution in [0.15, 0.2) is 87.5 Å². The summed E-state index contributed by atoms with van der Waals surface area (Å²) in [5.41, 5.74) is 1.61. The zero-order valence-electron chi connectivity index (χ0n) is 15.5. The summed E-state index contributed by atoms with van der Waals surface area (Å²) in [6.45, 7) is 0.156. The Hall–Kier alpha value is -2.18. The average molecular weight is 472 g/mol. The quantitative estimate of drug-likeness (QED) is 0.363. The van der Waals surface area contributed by atoms with Crippen molar-refractivity contribution in [3.05, 3.63) is 98.9 Å². The van der Waals surface area contributed by atoms with Gasteiger partial charge in [0.2, 0.25) is 0 Å². The normalized spacial score (nSPS) is 15.3. The van der Waals surface area contributed by atoms with E-state index in [1.165, 1.54) is 4.90 Å². The first-order valence-corrected chi connectivity index (χ1v) is 11.4. The average Bonchev–Trinajstić information content (AvgIpc) is 3.00. The lowest BCUT2D eigenvalue weighted by molar-refractivity contribution is -0.123. The van der Waals surface area contributed by atoms with E-state index in [4.69, 9.17) is 23.2 Å². The summed E-state index contributed by atoms with van der Waals surface area (Å²) in [5.74, 6) is -0.309. The third kappa shape index (κ3) is 4.76. The van der Waals surface area contributed by atoms with Crippen molar-refractivity contribution in [2.24, 2.45) is 0 Å². The summed E-state index contributed by atoms with van der Waals surface area (Å²) >= 11 is 14.7. The van der Waals surface area contributed by atoms with Crippen LogP contribution in [-0.2, 0) is 11.3 Å². The number of carbonyl (C=O) groups is 2. The minimum atomic E-state index is -0.309. The summed E-state index contributed by atoms with van der Waals surface area (Å²) in [6.07, 6.45) is 1.77. The minimum absolute atomic E-state index is 0.156. The smallest absolute Gasteiger partial charge is 0.268 e. The number of halogens is 2. The largest absolute Gasteiger partial charge is 0.293 e. The van der Waals surface area contributed by atoms with E-state index < -0.39 is 0 Å². The van der Waals surface area contributed by atoms with Gasteiger partial charge in [0.1, 0.15) is 0 Å². The summed E-state index contributed by atoms with van der Waals surface area (Å²) in [4.78, 5) is 29.0. The molecule has 0 aromatic heterocycles. The molecule has 0 aliphatic carbocycles. The van der Waals surface area contributed by atoms with E-state index in [2.05, 4.69) is 0 Å². The third-order valence-corrected chi connectivity index (χ3v) is 7.03. The predicted octanol–water partition coefficient (Wildman–Crippen LogP) is 7.38. The van der Waals surface area contributed by atoms with Crippen molar-refractivity contribution < 1.29 is 9.59 Å². The Labute approximate surface area is 193 Å². The first-order chi connectivity index (χ1) is 14.5. The molecule has 1 aliphatic heterocycles. The lowest BCUT2D eigenvalue weighted by atomic mass is 10.2. The molecule has 3 nitrogen and oxygen atoms in total. The minimum Gasteiger partial charge on any atom is -0.268 e. The Balaban J connectivity index is 1.58. The van der Waals surface area contributed by atoms with E-state index in [0.717, 1.165) is 32.7 Å². The molecule has 7 heteroatoms. The molecule has 150 valence electrons. The number of nitrogens with zero attached hydrogens (tertiary/aromatic N) is 1. The van der Waals surface area contributed by atoms with Gasteiger partial charge in [-0.25, -0.2) is 0 Å². The molecule has 1 heterocycles. The molecule has 0 atom stereocenters. The van der Waals surface area contributed by atoms with Gasteiger partial charge < -0.3 is 0 Å². The van der Waals surface area contributed by atoms with Crippen LogP contribution in [0.5, 0.6) is 0 Å². The zero-order valence-corrected chi connectivity index (χ0v) is 18.7. The molecule has 3 aromatic carbocycles. The van der Waals surface area contributed by atoms with E-state index in [9.17, 15) is 9.59 Å². The number of hydrogen-bond donors (Lipinski definition) is 0. The number of amides is 2. The van der Waals surface area contributed by atoms with Gasteiger partial charge in [-0.1, -0.05) is 71.4 Å². The fourth-order valence-corrected chi connectivity index (χ4v) is 4.97. The molecule has 4 rings (SSSR count). The second kappa shape index (κ2) is 9.31. The fraction of sp³-hybridized carbons (Fsp3) is 0.0435. The molecular weight excluding hydrogens is 457 g/mol. The number of imide groups is 1. The van der Waals surface area contributed by atoms with Crippen LogP contribution in [0, 0.1) is 0 Å². The van der Waals surface area contributed by atoms with Crippen LogP contribution in [0.4, 0.5) is 4.79 Å². The van der Waals surface area contributed by atoms with Crippen molar-refractivity contribution in [1.82, 2.24) is 4.90 Å². The first kappa shape index (κ1) is 21.1. The molecule has 2 amide bonds. The SMILES string of the molecule is O=C1S/C(=C\c2ccccc2Sc2ccc(Cl)cc2)C(=O)N1Cc1ccccc1Cl. The van der Waals surface area contributed by atoms with E-state index in [1.54, 1.807) is 23.9 Å². The van der Waals surface area contributed by atoms with Crippen LogP contribution in [0.2, 0.25) is 10.0 Å². The van der Waals surface area contributed by atoms with E-state index in [0.29, 0.717) is 15.0 Å². The summed E-state index contributed by atoms with van der Waals surface area (Å²) in [7, 11) is 0. The molecule has 0 radical (unpaired) electrons. The number of hydrogen-bond acceptors (Lipinski definition) is 4. The van der Waals surface area contributed by atoms with Crippen LogP contribution < -0.4 is 0 Å². The van der Waals surface area contributed by atoms with Gasteiger partial charge in [0.15, 0.2) is 0 Å². The molecule has 1 fully saturated rings. The molecule has 0 spiro atoms. The van der Waals surface area contributed by atoms with Crippen LogP contribution in [0.1, 0.15) is 11.1 Å². The van der Waals surface area contributed by atoms with E-state index in [1.807, 2.05) is 66.7 Å². The zero-order chi connectivity index (χ0) is 21.1. The lowest BCUT2D eigenvalue weighted by Crippen LogP contribution is -2.27. The lowest BCUT2D eigenvalue weighted by Gasteiger charge is -2.13. The van der Waals surface area contributed by atoms with Crippen molar-refractivity contribution in [2.45, 2.75) is 16.3 Å². The molecule has 1 aliphatic rings. The fourth-order valence-electron chi connectivity index (χ4n) is 2.90. The van der Waals surface area contributed by atoms with E-state index in [-0.39, 0.29) is 17.7 Å². The molecule has 0 unspecified atom stereocenters. The van der Waals surface area contributed by atoms with Gasteiger partial charge in [0, 0.05) is 19.8 Å². The Bertz CT molecular complexity index is 1150. The number of rotatable bonds is 5. The summed E-state index contributed by atoms with van der Waals surface area (Å²) in [5, 5.41) is 0.916. The standard InChI is InChI=1S/C23H15Cl2NO2S2/c24-17-9-11-18(12-10-17)29-20-8-4-2-5-15(20)13-21-22(27)26(23(28)30-21)14-16-6-1-3-7-19(16)25/h1-13H,14H2/b21-13-. The highest BCUT2D eigenvalue weighted by molar-refractivity contribution is 8.18. The summed E-state index contributed by atoms with van der Waals surface area (Å²) < 4.78 is 0. The topological polar surface area (TPSA) is 37.4 Å². The molecule has 0 saturated carbocycles. The second-order valence-corrected chi connectivity index (χ2v) is 9.41. The highest BCUT2D eigenvalue weighted by Gasteiger charge is 2.35. The highest BCUT2D eigenvalue weighted by Crippen LogP contribution is 2.37. The molecule has 1 saturated heterocycles. The Kier molecular flexibility index (Phi) is 6.54. The maximum absolute atomic E-state index is 12.9. The van der Waals surface area contributed by atoms with Crippen LogP contribution in [0.25, 0.3) is 6.08 Å². The van der Waals surface area contributed by atoms with Crippen molar-refractivity contribution >= 4 is 63.9 Å². The van der Waals surface area contributed by atoms with Crippen molar-refractivity contribution in [2.75, 3.05) is 0 Å². The highest BCUT2D eigenvalue weighted by atomic mass is 35.5. The third-order valence-electron chi connectivity index (χ3n) is 4.41. The first-order valence-electron chi connectivity index (χ1n) is 9.02. The second-order valence-electron chi connectivity index (χ2n) is 6.45. The van der Waals surface area contributed by atoms with Crippen LogP contribution in [-0.4, -0.2) is 16.0 Å². The van der Waals surface area contributed by atoms with Gasteiger partial charge in [-0.15, -0.1) is 0 Å². The van der Waals surface area contributed by atoms with Crippen LogP contribution in [0.3, 0.4) is 0 Å². The van der Waals surface area contributed by atoms with Gasteiger partial charge in [-0.3, -0.25) is 14.5 Å². The van der Waals surface area contributed by atoms with E-state index >= 15 is 0 Å². The maximum atomic E-state index is 12.9. The van der Waals surface area contributed by atoms with Gasteiger partial charge in [0.05, 0.1) is 11.4 Å². The van der Waals surface area contributed by atoms with Gasteiger partial charge in [0.25, 0.3) is 11.1 Å². The van der Waals surface area contributed by atoms with Crippen molar-refractivity contribution in [1.29, 1.82) is 0 Å². The molecule has 30 heavy (non-hydrogen) atoms. The molecule has 0 N–H and O–H groups in total. The molecule has 3 aromatic rings. The van der Waals surface area contributed by atoms with Gasteiger partial charge in [-0.2, -0.15) is 0 Å². The van der Waals surface area contributed by atoms with Gasteiger partial charge >= 0.3 is 0 Å². The number of benzene rings is 3. The van der Waals surface area contributed by atoms with Crippen LogP contribution >= 0.6 is 46.7 Å². The van der Waals surface area contributed by atoms with Gasteiger partial charge in [-0.05, 0) is 65.4 Å².